The van der Waals surface area contributed by atoms with Gasteiger partial charge in [-0.1, -0.05) is 37.6 Å². The van der Waals surface area contributed by atoms with E-state index in [-0.39, 0.29) is 29.6 Å². The molecule has 0 aliphatic carbocycles. The van der Waals surface area contributed by atoms with Crippen molar-refractivity contribution in [3.8, 4) is 0 Å². The van der Waals surface area contributed by atoms with E-state index in [1.54, 1.807) is 40.9 Å². The van der Waals surface area contributed by atoms with Gasteiger partial charge in [0.1, 0.15) is 6.04 Å². The van der Waals surface area contributed by atoms with Crippen LogP contribution in [0.4, 0.5) is 5.69 Å². The molecule has 2 unspecified atom stereocenters. The molecule has 32 heavy (non-hydrogen) atoms. The van der Waals surface area contributed by atoms with Crippen LogP contribution in [0.2, 0.25) is 5.02 Å². The molecule has 3 aliphatic rings. The zero-order chi connectivity index (χ0) is 23.0. The number of likely N-dealkylation sites (tertiary alicyclic amines) is 1. The van der Waals surface area contributed by atoms with Gasteiger partial charge >= 0.3 is 0 Å². The topological polar surface area (TPSA) is 98.7 Å². The number of halogens is 1. The van der Waals surface area contributed by atoms with Gasteiger partial charge in [0.05, 0.1) is 39.9 Å². The Balaban J connectivity index is 1.72. The number of hydrogen-bond donors (Lipinski definition) is 3. The molecule has 1 aromatic carbocycles. The minimum atomic E-state index is -0.771. The minimum absolute atomic E-state index is 0.0211. The number of amides is 3. The molecular formula is C23H30ClN3O4S. The van der Waals surface area contributed by atoms with E-state index in [1.807, 2.05) is 13.8 Å². The van der Waals surface area contributed by atoms with Crippen molar-refractivity contribution in [2.75, 3.05) is 18.5 Å². The third kappa shape index (κ3) is 3.60. The molecule has 0 saturated carbocycles. The molecule has 7 nitrogen and oxygen atoms in total. The number of benzene rings is 1. The monoisotopic (exact) mass is 479 g/mol. The first-order valence-electron chi connectivity index (χ1n) is 11.3. The summed E-state index contributed by atoms with van der Waals surface area (Å²) in [5.41, 5.74) is 0.484. The van der Waals surface area contributed by atoms with Crippen LogP contribution >= 0.6 is 23.4 Å². The molecule has 2 bridgehead atoms. The first-order valence-corrected chi connectivity index (χ1v) is 12.6. The van der Waals surface area contributed by atoms with E-state index in [2.05, 4.69) is 10.6 Å². The van der Waals surface area contributed by atoms with E-state index in [0.717, 1.165) is 12.8 Å². The summed E-state index contributed by atoms with van der Waals surface area (Å²) in [7, 11) is 0. The highest BCUT2D eigenvalue weighted by Crippen LogP contribution is 2.66. The van der Waals surface area contributed by atoms with Crippen molar-refractivity contribution in [1.82, 2.24) is 10.2 Å². The largest absolute Gasteiger partial charge is 0.394 e. The summed E-state index contributed by atoms with van der Waals surface area (Å²) in [6.45, 7) is 4.21. The summed E-state index contributed by atoms with van der Waals surface area (Å²) in [5.74, 6) is -1.64. The zero-order valence-corrected chi connectivity index (χ0v) is 19.9. The molecule has 1 spiro atoms. The molecule has 9 heteroatoms. The maximum atomic E-state index is 13.8. The second kappa shape index (κ2) is 9.23. The fraction of sp³-hybridized carbons (Fsp3) is 0.609. The molecule has 0 aromatic heterocycles. The molecule has 3 amide bonds. The van der Waals surface area contributed by atoms with Crippen LogP contribution in [0.25, 0.3) is 0 Å². The third-order valence-electron chi connectivity index (χ3n) is 7.05. The maximum absolute atomic E-state index is 13.8. The number of anilines is 1. The third-order valence-corrected chi connectivity index (χ3v) is 9.33. The quantitative estimate of drug-likeness (QED) is 0.532. The van der Waals surface area contributed by atoms with E-state index in [9.17, 15) is 19.5 Å². The minimum Gasteiger partial charge on any atom is -0.394 e. The number of thioether (sulfide) groups is 1. The molecule has 3 aliphatic heterocycles. The van der Waals surface area contributed by atoms with Crippen molar-refractivity contribution in [1.29, 1.82) is 0 Å². The van der Waals surface area contributed by atoms with E-state index < -0.39 is 28.7 Å². The van der Waals surface area contributed by atoms with Crippen molar-refractivity contribution >= 4 is 46.8 Å². The number of aliphatic hydroxyl groups is 1. The van der Waals surface area contributed by atoms with Crippen molar-refractivity contribution in [3.05, 3.63) is 29.3 Å². The van der Waals surface area contributed by atoms with Crippen molar-refractivity contribution in [2.45, 2.75) is 61.6 Å². The zero-order valence-electron chi connectivity index (χ0n) is 18.3. The second-order valence-corrected chi connectivity index (χ2v) is 10.8. The average Bonchev–Trinajstić information content (AvgIpc) is 3.42. The normalized spacial score (nSPS) is 31.5. The van der Waals surface area contributed by atoms with Gasteiger partial charge in [-0.15, -0.1) is 11.8 Å². The van der Waals surface area contributed by atoms with Crippen molar-refractivity contribution < 1.29 is 19.5 Å². The molecule has 3 saturated heterocycles. The SMILES string of the molecule is CCCNC(=O)[C@@H]1[C@H]2C(=O)N([C@@H](CC)CO)C(C(=O)Nc3ccccc3Cl)C23CC[C@H]1S3. The molecule has 0 radical (unpaired) electrons. The standard InChI is InChI=1S/C23H30ClN3O4S/c1-3-11-25-20(29)17-16-9-10-23(32-16)18(17)22(31)27(13(4-2)12-28)19(23)21(30)26-15-8-6-5-7-14(15)24/h5-8,13,16-19,28H,3-4,9-12H2,1-2H3,(H,25,29)(H,26,30)/t13-,16+,17-,18-,19?,23?/m0/s1. The first-order chi connectivity index (χ1) is 15.4. The smallest absolute Gasteiger partial charge is 0.248 e. The summed E-state index contributed by atoms with van der Waals surface area (Å²) >= 11 is 7.88. The van der Waals surface area contributed by atoms with Crippen LogP contribution in [0.1, 0.15) is 39.5 Å². The Kier molecular flexibility index (Phi) is 6.75. The number of para-hydroxylation sites is 1. The Hall–Kier alpha value is -1.77. The van der Waals surface area contributed by atoms with E-state index in [4.69, 9.17) is 11.6 Å². The summed E-state index contributed by atoms with van der Waals surface area (Å²) < 4.78 is -0.677. The lowest BCUT2D eigenvalue weighted by atomic mass is 9.70. The summed E-state index contributed by atoms with van der Waals surface area (Å²) in [6.07, 6.45) is 2.81. The molecule has 3 N–H and O–H groups in total. The first kappa shape index (κ1) is 23.4. The lowest BCUT2D eigenvalue weighted by molar-refractivity contribution is -0.142. The Morgan fingerprint density at radius 2 is 2.06 bits per heavy atom. The Bertz CT molecular complexity index is 911. The van der Waals surface area contributed by atoms with Gasteiger partial charge in [-0.2, -0.15) is 0 Å². The Labute approximate surface area is 197 Å². The number of rotatable bonds is 8. The van der Waals surface area contributed by atoms with Crippen LogP contribution in [-0.4, -0.2) is 63.0 Å². The van der Waals surface area contributed by atoms with Crippen molar-refractivity contribution in [2.24, 2.45) is 11.8 Å². The van der Waals surface area contributed by atoms with Crippen LogP contribution in [0.15, 0.2) is 24.3 Å². The molecule has 3 heterocycles. The molecular weight excluding hydrogens is 450 g/mol. The lowest BCUT2D eigenvalue weighted by Gasteiger charge is -2.36. The number of carbonyl (C=O) groups excluding carboxylic acids is 3. The molecule has 6 atom stereocenters. The van der Waals surface area contributed by atoms with Crippen LogP contribution in [0.5, 0.6) is 0 Å². The average molecular weight is 480 g/mol. The second-order valence-electron chi connectivity index (χ2n) is 8.81. The predicted octanol–water partition coefficient (Wildman–Crippen LogP) is 2.67. The summed E-state index contributed by atoms with van der Waals surface area (Å²) in [4.78, 5) is 42.0. The van der Waals surface area contributed by atoms with Crippen molar-refractivity contribution in [3.63, 3.8) is 0 Å². The van der Waals surface area contributed by atoms with Gasteiger partial charge in [-0.05, 0) is 37.8 Å². The molecule has 3 fully saturated rings. The fourth-order valence-electron chi connectivity index (χ4n) is 5.63. The maximum Gasteiger partial charge on any atom is 0.248 e. The summed E-state index contributed by atoms with van der Waals surface area (Å²) in [6, 6.07) is 5.73. The number of hydrogen-bond acceptors (Lipinski definition) is 5. The Morgan fingerprint density at radius 3 is 2.72 bits per heavy atom. The lowest BCUT2D eigenvalue weighted by Crippen LogP contribution is -2.54. The number of aliphatic hydroxyl groups excluding tert-OH is 1. The van der Waals surface area contributed by atoms with Gasteiger partial charge in [0.25, 0.3) is 0 Å². The highest BCUT2D eigenvalue weighted by atomic mass is 35.5. The number of nitrogens with zero attached hydrogens (tertiary/aromatic N) is 1. The summed E-state index contributed by atoms with van der Waals surface area (Å²) in [5, 5.41) is 16.3. The predicted molar refractivity (Wildman–Crippen MR) is 126 cm³/mol. The highest BCUT2D eigenvalue weighted by Gasteiger charge is 2.74. The van der Waals surface area contributed by atoms with Crippen LogP contribution in [0.3, 0.4) is 0 Å². The molecule has 174 valence electrons. The molecule has 1 aromatic rings. The molecule has 4 rings (SSSR count). The van der Waals surface area contributed by atoms with Gasteiger partial charge in [-0.25, -0.2) is 0 Å². The van der Waals surface area contributed by atoms with Gasteiger partial charge in [0, 0.05) is 11.8 Å². The van der Waals surface area contributed by atoms with E-state index >= 15 is 0 Å². The number of fused-ring (bicyclic) bond motifs is 1. The van der Waals surface area contributed by atoms with Gasteiger partial charge in [0.15, 0.2) is 0 Å². The fourth-order valence-corrected chi connectivity index (χ4v) is 8.02. The Morgan fingerprint density at radius 1 is 1.31 bits per heavy atom. The van der Waals surface area contributed by atoms with E-state index in [1.165, 1.54) is 0 Å². The van der Waals surface area contributed by atoms with Crippen LogP contribution in [-0.2, 0) is 14.4 Å². The number of carbonyl (C=O) groups is 3. The van der Waals surface area contributed by atoms with E-state index in [0.29, 0.717) is 30.1 Å². The van der Waals surface area contributed by atoms with Gasteiger partial charge in [0.2, 0.25) is 17.7 Å². The van der Waals surface area contributed by atoms with Gasteiger partial charge in [-0.3, -0.25) is 14.4 Å². The van der Waals surface area contributed by atoms with Gasteiger partial charge < -0.3 is 20.6 Å². The van der Waals surface area contributed by atoms with Crippen LogP contribution in [0, 0.1) is 11.8 Å². The van der Waals surface area contributed by atoms with Crippen LogP contribution < -0.4 is 10.6 Å². The highest BCUT2D eigenvalue weighted by molar-refractivity contribution is 8.02. The number of nitrogens with one attached hydrogen (secondary N) is 2.